The number of aliphatic hydroxyl groups excluding tert-OH is 1. The van der Waals surface area contributed by atoms with Crippen LogP contribution in [0.3, 0.4) is 0 Å². The molecule has 0 aliphatic carbocycles. The number of hydrogen-bond acceptors (Lipinski definition) is 5. The Hall–Kier alpha value is -3.52. The van der Waals surface area contributed by atoms with Gasteiger partial charge in [-0.2, -0.15) is 0 Å². The zero-order valence-corrected chi connectivity index (χ0v) is 20.2. The summed E-state index contributed by atoms with van der Waals surface area (Å²) in [6, 6.07) is 15.3. The van der Waals surface area contributed by atoms with E-state index in [2.05, 4.69) is 10.6 Å². The van der Waals surface area contributed by atoms with Crippen molar-refractivity contribution in [2.24, 2.45) is 11.8 Å². The number of esters is 1. The molecule has 0 unspecified atom stereocenters. The van der Waals surface area contributed by atoms with Crippen LogP contribution < -0.4 is 10.6 Å². The van der Waals surface area contributed by atoms with E-state index in [1.807, 2.05) is 42.5 Å². The van der Waals surface area contributed by atoms with E-state index in [0.29, 0.717) is 25.7 Å². The Bertz CT molecular complexity index is 1030. The van der Waals surface area contributed by atoms with Crippen molar-refractivity contribution in [2.75, 3.05) is 19.7 Å². The van der Waals surface area contributed by atoms with Gasteiger partial charge in [0, 0.05) is 13.0 Å². The zero-order valence-electron chi connectivity index (χ0n) is 20.2. The van der Waals surface area contributed by atoms with E-state index < -0.39 is 17.9 Å². The lowest BCUT2D eigenvalue weighted by atomic mass is 9.94. The molecule has 2 aromatic rings. The highest BCUT2D eigenvalue weighted by atomic mass is 19.1. The van der Waals surface area contributed by atoms with Crippen LogP contribution in [-0.4, -0.2) is 42.6 Å². The van der Waals surface area contributed by atoms with Crippen molar-refractivity contribution in [3.63, 3.8) is 0 Å². The Balaban J connectivity index is 1.80. The predicted molar refractivity (Wildman–Crippen MR) is 133 cm³/mol. The summed E-state index contributed by atoms with van der Waals surface area (Å²) in [7, 11) is 0. The van der Waals surface area contributed by atoms with Crippen LogP contribution in [0.5, 0.6) is 0 Å². The van der Waals surface area contributed by atoms with Crippen molar-refractivity contribution in [2.45, 2.75) is 38.2 Å². The quantitative estimate of drug-likeness (QED) is 0.403. The van der Waals surface area contributed by atoms with Crippen molar-refractivity contribution >= 4 is 17.8 Å². The largest absolute Gasteiger partial charge is 0.455 e. The summed E-state index contributed by atoms with van der Waals surface area (Å²) in [6.07, 6.45) is 4.94. The minimum Gasteiger partial charge on any atom is -0.455 e. The van der Waals surface area contributed by atoms with Crippen LogP contribution in [0.25, 0.3) is 0 Å². The molecule has 7 nitrogen and oxygen atoms in total. The Morgan fingerprint density at radius 2 is 1.81 bits per heavy atom. The maximum atomic E-state index is 13.4. The third-order valence-corrected chi connectivity index (χ3v) is 6.13. The first-order chi connectivity index (χ1) is 17.5. The minimum atomic E-state index is -0.698. The molecule has 2 aromatic carbocycles. The Morgan fingerprint density at radius 3 is 2.53 bits per heavy atom. The number of hydrogen-bond donors (Lipinski definition) is 3. The molecule has 0 fully saturated rings. The maximum Gasteiger partial charge on any atom is 0.309 e. The van der Waals surface area contributed by atoms with E-state index in [9.17, 15) is 18.8 Å². The van der Waals surface area contributed by atoms with Crippen LogP contribution in [-0.2, 0) is 25.5 Å². The van der Waals surface area contributed by atoms with Gasteiger partial charge in [0.1, 0.15) is 11.9 Å². The number of nitrogens with one attached hydrogen (secondary N) is 2. The van der Waals surface area contributed by atoms with Crippen molar-refractivity contribution in [1.82, 2.24) is 10.6 Å². The summed E-state index contributed by atoms with van der Waals surface area (Å²) < 4.78 is 19.3. The lowest BCUT2D eigenvalue weighted by molar-refractivity contribution is -0.155. The Kier molecular flexibility index (Phi) is 10.6. The van der Waals surface area contributed by atoms with Gasteiger partial charge < -0.3 is 20.5 Å². The highest BCUT2D eigenvalue weighted by Gasteiger charge is 2.27. The first-order valence-electron chi connectivity index (χ1n) is 12.3. The van der Waals surface area contributed by atoms with Crippen molar-refractivity contribution in [3.8, 4) is 0 Å². The number of allylic oxidation sites excluding steroid dienone is 2. The standard InChI is InChI=1S/C28H33FN2O5/c29-24-13-11-20(12-14-24)17-23-10-6-2-5-9-22(18-26(33)30-15-16-32)27(34)31-19-25(36-28(23)35)21-7-3-1-4-8-21/h1-5,7-8,11-14,22-23,25,32H,6,9-10,15-19H2,(H,30,33)(H,31,34)/b5-2+/t22-,23-,25+/m0/s1. The average molecular weight is 497 g/mol. The smallest absolute Gasteiger partial charge is 0.309 e. The molecule has 0 spiro atoms. The number of benzene rings is 2. The molecular formula is C28H33FN2O5. The molecule has 3 N–H and O–H groups in total. The van der Waals surface area contributed by atoms with Gasteiger partial charge in [0.2, 0.25) is 11.8 Å². The fourth-order valence-corrected chi connectivity index (χ4v) is 4.13. The van der Waals surface area contributed by atoms with Gasteiger partial charge in [-0.05, 0) is 48.9 Å². The van der Waals surface area contributed by atoms with Crippen molar-refractivity contribution in [3.05, 3.63) is 83.7 Å². The first kappa shape index (κ1) is 27.1. The summed E-state index contributed by atoms with van der Waals surface area (Å²) in [6.45, 7) is 0.0204. The SMILES string of the molecule is O=C(C[C@@H]1C/C=C/CC[C@@H](Cc2ccc(F)cc2)C(=O)O[C@@H](c2ccccc2)CNC1=O)NCCO. The van der Waals surface area contributed by atoms with Gasteiger partial charge in [-0.3, -0.25) is 14.4 Å². The van der Waals surface area contributed by atoms with Crippen molar-refractivity contribution < 1.29 is 28.6 Å². The molecule has 0 bridgehead atoms. The summed E-state index contributed by atoms with van der Waals surface area (Å²) in [5.41, 5.74) is 1.59. The molecule has 192 valence electrons. The van der Waals surface area contributed by atoms with E-state index in [4.69, 9.17) is 9.84 Å². The number of carbonyl (C=O) groups excluding carboxylic acids is 3. The molecule has 0 saturated heterocycles. The average Bonchev–Trinajstić information content (AvgIpc) is 2.90. The number of amides is 2. The molecule has 3 rings (SSSR count). The van der Waals surface area contributed by atoms with Gasteiger partial charge in [-0.25, -0.2) is 4.39 Å². The van der Waals surface area contributed by atoms with Gasteiger partial charge in [0.05, 0.1) is 25.0 Å². The van der Waals surface area contributed by atoms with Crippen LogP contribution in [0.2, 0.25) is 0 Å². The molecule has 2 amide bonds. The molecule has 0 aromatic heterocycles. The van der Waals surface area contributed by atoms with E-state index in [1.54, 1.807) is 12.1 Å². The molecule has 3 atom stereocenters. The zero-order chi connectivity index (χ0) is 25.8. The topological polar surface area (TPSA) is 105 Å². The molecule has 8 heteroatoms. The van der Waals surface area contributed by atoms with E-state index in [0.717, 1.165) is 11.1 Å². The Labute approximate surface area is 210 Å². The second-order valence-electron chi connectivity index (χ2n) is 8.87. The van der Waals surface area contributed by atoms with Gasteiger partial charge in [-0.15, -0.1) is 0 Å². The number of cyclic esters (lactones) is 1. The molecule has 1 aliphatic rings. The number of rotatable bonds is 7. The van der Waals surface area contributed by atoms with Gasteiger partial charge in [0.25, 0.3) is 0 Å². The van der Waals surface area contributed by atoms with Crippen molar-refractivity contribution in [1.29, 1.82) is 0 Å². The van der Waals surface area contributed by atoms with Gasteiger partial charge in [0.15, 0.2) is 0 Å². The fraction of sp³-hybridized carbons (Fsp3) is 0.393. The molecule has 0 saturated carbocycles. The maximum absolute atomic E-state index is 13.4. The number of halogens is 1. The second-order valence-corrected chi connectivity index (χ2v) is 8.87. The highest BCUT2D eigenvalue weighted by molar-refractivity contribution is 5.86. The summed E-state index contributed by atoms with van der Waals surface area (Å²) in [4.78, 5) is 38.4. The monoisotopic (exact) mass is 496 g/mol. The van der Waals surface area contributed by atoms with Crippen LogP contribution >= 0.6 is 0 Å². The summed E-state index contributed by atoms with van der Waals surface area (Å²) >= 11 is 0. The van der Waals surface area contributed by atoms with E-state index in [1.165, 1.54) is 12.1 Å². The molecular weight excluding hydrogens is 463 g/mol. The first-order valence-corrected chi connectivity index (χ1v) is 12.3. The fourth-order valence-electron chi connectivity index (χ4n) is 4.13. The van der Waals surface area contributed by atoms with Crippen LogP contribution in [0.15, 0.2) is 66.7 Å². The van der Waals surface area contributed by atoms with Gasteiger partial charge in [-0.1, -0.05) is 54.6 Å². The van der Waals surface area contributed by atoms with Crippen LogP contribution in [0.4, 0.5) is 4.39 Å². The highest BCUT2D eigenvalue weighted by Crippen LogP contribution is 2.24. The van der Waals surface area contributed by atoms with Gasteiger partial charge >= 0.3 is 5.97 Å². The summed E-state index contributed by atoms with van der Waals surface area (Å²) in [5.74, 6) is -2.37. The number of ether oxygens (including phenoxy) is 1. The molecule has 1 heterocycles. The molecule has 0 radical (unpaired) electrons. The molecule has 36 heavy (non-hydrogen) atoms. The van der Waals surface area contributed by atoms with E-state index in [-0.39, 0.29) is 49.7 Å². The van der Waals surface area contributed by atoms with E-state index >= 15 is 0 Å². The second kappa shape index (κ2) is 14.1. The minimum absolute atomic E-state index is 0.0147. The summed E-state index contributed by atoms with van der Waals surface area (Å²) in [5, 5.41) is 14.4. The predicted octanol–water partition coefficient (Wildman–Crippen LogP) is 3.24. The normalized spacial score (nSPS) is 22.2. The number of aliphatic hydroxyl groups is 1. The Morgan fingerprint density at radius 1 is 1.06 bits per heavy atom. The lowest BCUT2D eigenvalue weighted by Gasteiger charge is -2.23. The third-order valence-electron chi connectivity index (χ3n) is 6.13. The lowest BCUT2D eigenvalue weighted by Crippen LogP contribution is -2.38. The molecule has 1 aliphatic heterocycles. The van der Waals surface area contributed by atoms with Crippen LogP contribution in [0, 0.1) is 17.7 Å². The number of carbonyl (C=O) groups is 3. The third kappa shape index (κ3) is 8.61. The van der Waals surface area contributed by atoms with Crippen LogP contribution in [0.1, 0.15) is 42.9 Å².